The molecule has 8 heteroatoms. The second-order valence-corrected chi connectivity index (χ2v) is 9.37. The third kappa shape index (κ3) is 3.88. The molecule has 1 atom stereocenters. The summed E-state index contributed by atoms with van der Waals surface area (Å²) in [4.78, 5) is 14.5. The van der Waals surface area contributed by atoms with Crippen molar-refractivity contribution in [2.45, 2.75) is 36.5 Å². The number of carbonyl (C=O) groups excluding carboxylic acids is 1. The van der Waals surface area contributed by atoms with Gasteiger partial charge in [0.15, 0.2) is 0 Å². The number of para-hydroxylation sites is 1. The third-order valence-corrected chi connectivity index (χ3v) is 7.42. The van der Waals surface area contributed by atoms with Crippen LogP contribution in [0.3, 0.4) is 0 Å². The summed E-state index contributed by atoms with van der Waals surface area (Å²) in [6.45, 7) is 3.04. The lowest BCUT2D eigenvalue weighted by molar-refractivity contribution is -0.104. The Kier molecular flexibility index (Phi) is 5.33. The molecule has 0 radical (unpaired) electrons. The molecule has 2 heterocycles. The lowest BCUT2D eigenvalue weighted by Gasteiger charge is -2.42. The molecule has 0 saturated carbocycles. The largest absolute Gasteiger partial charge is 0.355 e. The van der Waals surface area contributed by atoms with Gasteiger partial charge in [0.05, 0.1) is 11.0 Å². The first-order chi connectivity index (χ1) is 13.9. The molecule has 1 N–H and O–H groups in total. The number of sulfonamides is 1. The first-order valence-corrected chi connectivity index (χ1v) is 11.2. The zero-order valence-corrected chi connectivity index (χ0v) is 17.1. The van der Waals surface area contributed by atoms with Gasteiger partial charge in [-0.2, -0.15) is 4.31 Å². The van der Waals surface area contributed by atoms with E-state index < -0.39 is 15.7 Å². The fraction of sp³-hybridized carbons (Fsp3) is 0.381. The maximum absolute atomic E-state index is 13.3. The zero-order valence-electron chi connectivity index (χ0n) is 16.3. The van der Waals surface area contributed by atoms with Crippen molar-refractivity contribution in [1.29, 1.82) is 0 Å². The van der Waals surface area contributed by atoms with Crippen molar-refractivity contribution in [2.24, 2.45) is 0 Å². The van der Waals surface area contributed by atoms with E-state index in [2.05, 4.69) is 5.32 Å². The number of likely N-dealkylation sites (tertiary alicyclic amines) is 1. The molecule has 2 fully saturated rings. The smallest absolute Gasteiger partial charge is 0.321 e. The molecular formula is C21H25N3O4S. The lowest BCUT2D eigenvalue weighted by Crippen LogP contribution is -2.56. The number of hydrogen-bond acceptors (Lipinski definition) is 4. The molecule has 0 bridgehead atoms. The van der Waals surface area contributed by atoms with Crippen molar-refractivity contribution in [3.8, 4) is 0 Å². The van der Waals surface area contributed by atoms with Crippen LogP contribution < -0.4 is 5.32 Å². The van der Waals surface area contributed by atoms with Crippen molar-refractivity contribution in [1.82, 2.24) is 9.21 Å². The Morgan fingerprint density at radius 1 is 1.03 bits per heavy atom. The molecule has 1 unspecified atom stereocenters. The number of ether oxygens (including phenoxy) is 1. The summed E-state index contributed by atoms with van der Waals surface area (Å²) in [7, 11) is -3.68. The number of nitrogens with one attached hydrogen (secondary N) is 1. The van der Waals surface area contributed by atoms with Gasteiger partial charge in [-0.15, -0.1) is 0 Å². The van der Waals surface area contributed by atoms with E-state index in [0.29, 0.717) is 32.5 Å². The van der Waals surface area contributed by atoms with Crippen molar-refractivity contribution < 1.29 is 17.9 Å². The highest BCUT2D eigenvalue weighted by Gasteiger charge is 2.53. The average Bonchev–Trinajstić information content (AvgIpc) is 3.06. The van der Waals surface area contributed by atoms with E-state index in [1.165, 1.54) is 4.31 Å². The molecule has 2 aliphatic heterocycles. The summed E-state index contributed by atoms with van der Waals surface area (Å²) < 4.78 is 34.2. The predicted molar refractivity (Wildman–Crippen MR) is 110 cm³/mol. The maximum Gasteiger partial charge on any atom is 0.321 e. The average molecular weight is 416 g/mol. The Labute approximate surface area is 171 Å². The van der Waals surface area contributed by atoms with Crippen LogP contribution in [0.15, 0.2) is 65.6 Å². The number of rotatable bonds is 3. The first kappa shape index (κ1) is 19.9. The fourth-order valence-corrected chi connectivity index (χ4v) is 5.88. The Morgan fingerprint density at radius 2 is 1.62 bits per heavy atom. The molecule has 2 aromatic carbocycles. The Bertz CT molecular complexity index is 958. The molecule has 0 aliphatic carbocycles. The maximum atomic E-state index is 13.3. The Hall–Kier alpha value is -2.42. The van der Waals surface area contributed by atoms with Crippen LogP contribution in [0.5, 0.6) is 0 Å². The molecule has 2 aliphatic rings. The summed E-state index contributed by atoms with van der Waals surface area (Å²) >= 11 is 0. The van der Waals surface area contributed by atoms with Crippen LogP contribution in [-0.2, 0) is 14.8 Å². The summed E-state index contributed by atoms with van der Waals surface area (Å²) in [5.74, 6) is 0. The van der Waals surface area contributed by atoms with Gasteiger partial charge in [0, 0.05) is 38.2 Å². The molecule has 2 aromatic rings. The van der Waals surface area contributed by atoms with E-state index in [1.54, 1.807) is 35.2 Å². The number of hydrogen-bond donors (Lipinski definition) is 1. The van der Waals surface area contributed by atoms with Crippen LogP contribution >= 0.6 is 0 Å². The Morgan fingerprint density at radius 3 is 2.24 bits per heavy atom. The highest BCUT2D eigenvalue weighted by molar-refractivity contribution is 7.89. The normalized spacial score (nSPS) is 22.0. The minimum absolute atomic E-state index is 0.186. The Balaban J connectivity index is 1.49. The molecule has 4 rings (SSSR count). The fourth-order valence-electron chi connectivity index (χ4n) is 4.06. The lowest BCUT2D eigenvalue weighted by atomic mass is 10.0. The number of benzene rings is 2. The van der Waals surface area contributed by atoms with Gasteiger partial charge in [0.1, 0.15) is 5.72 Å². The van der Waals surface area contributed by atoms with Gasteiger partial charge in [0.2, 0.25) is 10.0 Å². The molecule has 1 spiro atoms. The highest BCUT2D eigenvalue weighted by atomic mass is 32.2. The van der Waals surface area contributed by atoms with Crippen molar-refractivity contribution in [3.63, 3.8) is 0 Å². The van der Waals surface area contributed by atoms with Crippen LogP contribution in [0.2, 0.25) is 0 Å². The van der Waals surface area contributed by atoms with Crippen LogP contribution in [0.25, 0.3) is 0 Å². The van der Waals surface area contributed by atoms with Gasteiger partial charge in [0.25, 0.3) is 0 Å². The van der Waals surface area contributed by atoms with E-state index >= 15 is 0 Å². The van der Waals surface area contributed by atoms with Crippen LogP contribution in [-0.4, -0.2) is 55.1 Å². The van der Waals surface area contributed by atoms with Crippen molar-refractivity contribution in [3.05, 3.63) is 60.7 Å². The van der Waals surface area contributed by atoms with Gasteiger partial charge < -0.3 is 15.0 Å². The molecule has 154 valence electrons. The quantitative estimate of drug-likeness (QED) is 0.835. The molecule has 29 heavy (non-hydrogen) atoms. The van der Waals surface area contributed by atoms with Crippen LogP contribution in [0.4, 0.5) is 10.5 Å². The van der Waals surface area contributed by atoms with Crippen LogP contribution in [0.1, 0.15) is 19.8 Å². The van der Waals surface area contributed by atoms with Crippen molar-refractivity contribution in [2.75, 3.05) is 25.0 Å². The summed E-state index contributed by atoms with van der Waals surface area (Å²) in [5.41, 5.74) is -0.172. The number of urea groups is 1. The van der Waals surface area contributed by atoms with E-state index in [9.17, 15) is 13.2 Å². The van der Waals surface area contributed by atoms with Gasteiger partial charge in [-0.1, -0.05) is 36.4 Å². The van der Waals surface area contributed by atoms with E-state index in [4.69, 9.17) is 4.74 Å². The molecule has 0 aromatic heterocycles. The minimum atomic E-state index is -3.68. The van der Waals surface area contributed by atoms with Crippen LogP contribution in [0, 0.1) is 0 Å². The van der Waals surface area contributed by atoms with E-state index in [1.807, 2.05) is 37.3 Å². The number of carbonyl (C=O) groups is 1. The molecule has 2 saturated heterocycles. The number of piperidine rings is 1. The van der Waals surface area contributed by atoms with Crippen molar-refractivity contribution >= 4 is 21.7 Å². The topological polar surface area (TPSA) is 79.0 Å². The highest BCUT2D eigenvalue weighted by Crippen LogP contribution is 2.40. The van der Waals surface area contributed by atoms with Gasteiger partial charge in [-0.3, -0.25) is 0 Å². The monoisotopic (exact) mass is 415 g/mol. The van der Waals surface area contributed by atoms with E-state index in [0.717, 1.165) is 5.69 Å². The molecule has 7 nitrogen and oxygen atoms in total. The number of nitrogens with zero attached hydrogens (tertiary/aromatic N) is 2. The predicted octanol–water partition coefficient (Wildman–Crippen LogP) is 3.12. The second kappa shape index (κ2) is 7.78. The van der Waals surface area contributed by atoms with E-state index in [-0.39, 0.29) is 17.0 Å². The second-order valence-electron chi connectivity index (χ2n) is 7.51. The number of anilines is 1. The summed E-state index contributed by atoms with van der Waals surface area (Å²) in [6.07, 6.45) is 0.676. The first-order valence-electron chi connectivity index (χ1n) is 9.77. The summed E-state index contributed by atoms with van der Waals surface area (Å²) in [6, 6.07) is 17.5. The van der Waals surface area contributed by atoms with Gasteiger partial charge >= 0.3 is 6.03 Å². The zero-order chi connectivity index (χ0) is 20.5. The minimum Gasteiger partial charge on any atom is -0.355 e. The SMILES string of the molecule is CC1CN(S(=O)(=O)c2ccccc2)C2(CCN(C(=O)Nc3ccccc3)CC2)O1. The number of amides is 2. The molecular weight excluding hydrogens is 390 g/mol. The van der Waals surface area contributed by atoms with Gasteiger partial charge in [-0.05, 0) is 31.2 Å². The molecule has 2 amide bonds. The third-order valence-electron chi connectivity index (χ3n) is 5.49. The van der Waals surface area contributed by atoms with Gasteiger partial charge in [-0.25, -0.2) is 13.2 Å². The summed E-state index contributed by atoms with van der Waals surface area (Å²) in [5, 5.41) is 2.88. The standard InChI is InChI=1S/C21H25N3O4S/c1-17-16-24(29(26,27)19-10-6-3-7-11-19)21(28-17)12-14-23(15-13-21)20(25)22-18-8-4-2-5-9-18/h2-11,17H,12-16H2,1H3,(H,22,25).